The number of esters is 1. The number of rotatable bonds is 3. The zero-order valence-corrected chi connectivity index (χ0v) is 16.5. The lowest BCUT2D eigenvalue weighted by molar-refractivity contribution is 0.0600. The number of methoxy groups -OCH3 is 1. The van der Waals surface area contributed by atoms with Gasteiger partial charge in [-0.25, -0.2) is 9.36 Å². The van der Waals surface area contributed by atoms with Crippen molar-refractivity contribution in [1.82, 2.24) is 24.7 Å². The van der Waals surface area contributed by atoms with Crippen LogP contribution < -0.4 is 5.56 Å². The highest BCUT2D eigenvalue weighted by molar-refractivity contribution is 6.07. The van der Waals surface area contributed by atoms with E-state index in [-0.39, 0.29) is 17.1 Å². The first-order chi connectivity index (χ1) is 13.9. The molecule has 0 unspecified atom stereocenters. The quantitative estimate of drug-likeness (QED) is 0.541. The molecule has 146 valence electrons. The van der Waals surface area contributed by atoms with E-state index in [2.05, 4.69) is 20.2 Å². The number of benzene rings is 1. The predicted octanol–water partition coefficient (Wildman–Crippen LogP) is 2.88. The SMILES string of the molecule is COC(=O)c1c(C)nc2ccn(-c3n[nH]c(C)n3)c(=O)c2c1-c1cccc(C)c1. The van der Waals surface area contributed by atoms with Gasteiger partial charge in [0.15, 0.2) is 0 Å². The van der Waals surface area contributed by atoms with Crippen molar-refractivity contribution in [2.45, 2.75) is 20.8 Å². The monoisotopic (exact) mass is 389 g/mol. The second-order valence-corrected chi connectivity index (χ2v) is 6.78. The molecular formula is C21H19N5O3. The maximum atomic E-state index is 13.5. The third-order valence-electron chi connectivity index (χ3n) is 4.72. The Labute approximate surface area is 166 Å². The molecule has 0 aliphatic carbocycles. The molecule has 0 saturated heterocycles. The predicted molar refractivity (Wildman–Crippen MR) is 108 cm³/mol. The summed E-state index contributed by atoms with van der Waals surface area (Å²) in [6.07, 6.45) is 1.58. The topological polar surface area (TPSA) is 103 Å². The largest absolute Gasteiger partial charge is 0.465 e. The van der Waals surface area contributed by atoms with Gasteiger partial charge in [0, 0.05) is 11.8 Å². The molecule has 8 heteroatoms. The van der Waals surface area contributed by atoms with Gasteiger partial charge in [0.05, 0.1) is 29.3 Å². The van der Waals surface area contributed by atoms with E-state index in [1.807, 2.05) is 31.2 Å². The summed E-state index contributed by atoms with van der Waals surface area (Å²) < 4.78 is 6.34. The molecule has 4 aromatic rings. The van der Waals surface area contributed by atoms with Crippen LogP contribution in [0, 0.1) is 20.8 Å². The number of aromatic amines is 1. The molecule has 1 N–H and O–H groups in total. The van der Waals surface area contributed by atoms with E-state index in [0.717, 1.165) is 11.1 Å². The van der Waals surface area contributed by atoms with Gasteiger partial charge in [0.2, 0.25) is 0 Å². The maximum absolute atomic E-state index is 13.5. The Hall–Kier alpha value is -3.81. The van der Waals surface area contributed by atoms with Crippen molar-refractivity contribution in [2.24, 2.45) is 0 Å². The Morgan fingerprint density at radius 2 is 1.93 bits per heavy atom. The fourth-order valence-corrected chi connectivity index (χ4v) is 3.43. The number of fused-ring (bicyclic) bond motifs is 1. The zero-order valence-electron chi connectivity index (χ0n) is 16.5. The average molecular weight is 389 g/mol. The normalized spacial score (nSPS) is 11.0. The fraction of sp³-hybridized carbons (Fsp3) is 0.190. The molecule has 0 amide bonds. The Kier molecular flexibility index (Phi) is 4.46. The van der Waals surface area contributed by atoms with E-state index in [1.165, 1.54) is 11.7 Å². The van der Waals surface area contributed by atoms with E-state index >= 15 is 0 Å². The summed E-state index contributed by atoms with van der Waals surface area (Å²) >= 11 is 0. The third-order valence-corrected chi connectivity index (χ3v) is 4.72. The minimum atomic E-state index is -0.544. The Balaban J connectivity index is 2.17. The van der Waals surface area contributed by atoms with E-state index < -0.39 is 5.97 Å². The van der Waals surface area contributed by atoms with Crippen molar-refractivity contribution in [1.29, 1.82) is 0 Å². The van der Waals surface area contributed by atoms with Gasteiger partial charge in [-0.2, -0.15) is 4.98 Å². The third kappa shape index (κ3) is 3.08. The second kappa shape index (κ2) is 6.97. The van der Waals surface area contributed by atoms with E-state index in [1.54, 1.807) is 26.1 Å². The minimum absolute atomic E-state index is 0.227. The number of carbonyl (C=O) groups excluding carboxylic acids is 1. The van der Waals surface area contributed by atoms with Crippen LogP contribution in [-0.4, -0.2) is 37.8 Å². The first-order valence-electron chi connectivity index (χ1n) is 9.01. The van der Waals surface area contributed by atoms with Crippen molar-refractivity contribution in [3.63, 3.8) is 0 Å². The van der Waals surface area contributed by atoms with Crippen LogP contribution in [0.1, 0.15) is 27.4 Å². The molecule has 8 nitrogen and oxygen atoms in total. The molecule has 0 aliphatic rings. The number of aromatic nitrogens is 5. The number of pyridine rings is 2. The van der Waals surface area contributed by atoms with Gasteiger partial charge >= 0.3 is 5.97 Å². The number of hydrogen-bond acceptors (Lipinski definition) is 6. The first-order valence-corrected chi connectivity index (χ1v) is 9.01. The van der Waals surface area contributed by atoms with Crippen molar-refractivity contribution >= 4 is 16.9 Å². The van der Waals surface area contributed by atoms with Gasteiger partial charge in [0.25, 0.3) is 11.5 Å². The highest BCUT2D eigenvalue weighted by atomic mass is 16.5. The molecule has 0 fully saturated rings. The van der Waals surface area contributed by atoms with E-state index in [4.69, 9.17) is 4.74 Å². The molecule has 4 rings (SSSR count). The molecule has 3 heterocycles. The van der Waals surface area contributed by atoms with E-state index in [0.29, 0.717) is 28.0 Å². The molecule has 0 saturated carbocycles. The lowest BCUT2D eigenvalue weighted by Gasteiger charge is -2.15. The number of hydrogen-bond donors (Lipinski definition) is 1. The van der Waals surface area contributed by atoms with Gasteiger partial charge in [0.1, 0.15) is 5.82 Å². The van der Waals surface area contributed by atoms with Crippen LogP contribution >= 0.6 is 0 Å². The van der Waals surface area contributed by atoms with Crippen LogP contribution in [0.5, 0.6) is 0 Å². The highest BCUT2D eigenvalue weighted by Crippen LogP contribution is 2.32. The average Bonchev–Trinajstić information content (AvgIpc) is 3.12. The summed E-state index contributed by atoms with van der Waals surface area (Å²) in [7, 11) is 1.31. The number of carbonyl (C=O) groups is 1. The number of H-pyrrole nitrogens is 1. The lowest BCUT2D eigenvalue weighted by Crippen LogP contribution is -2.21. The number of nitrogens with one attached hydrogen (secondary N) is 1. The molecular weight excluding hydrogens is 370 g/mol. The summed E-state index contributed by atoms with van der Waals surface area (Å²) in [4.78, 5) is 34.8. The maximum Gasteiger partial charge on any atom is 0.340 e. The molecule has 0 bridgehead atoms. The zero-order chi connectivity index (χ0) is 20.7. The smallest absolute Gasteiger partial charge is 0.340 e. The van der Waals surface area contributed by atoms with Crippen molar-refractivity contribution in [3.05, 3.63) is 69.5 Å². The van der Waals surface area contributed by atoms with Crippen LogP contribution in [-0.2, 0) is 4.74 Å². The molecule has 0 spiro atoms. The van der Waals surface area contributed by atoms with Gasteiger partial charge in [-0.15, -0.1) is 5.10 Å². The van der Waals surface area contributed by atoms with Crippen molar-refractivity contribution in [2.75, 3.05) is 7.11 Å². The number of aryl methyl sites for hydroxylation is 3. The van der Waals surface area contributed by atoms with Gasteiger partial charge in [-0.05, 0) is 32.4 Å². The number of ether oxygens (including phenoxy) is 1. The molecule has 0 radical (unpaired) electrons. The summed E-state index contributed by atoms with van der Waals surface area (Å²) in [5.74, 6) is 0.268. The number of nitrogens with zero attached hydrogens (tertiary/aromatic N) is 4. The summed E-state index contributed by atoms with van der Waals surface area (Å²) in [5.41, 5.74) is 3.12. The molecule has 0 aliphatic heterocycles. The van der Waals surface area contributed by atoms with Crippen molar-refractivity contribution in [3.8, 4) is 17.1 Å². The Bertz CT molecular complexity index is 1320. The van der Waals surface area contributed by atoms with Crippen LogP contribution in [0.4, 0.5) is 0 Å². The molecule has 3 aromatic heterocycles. The van der Waals surface area contributed by atoms with Gasteiger partial charge < -0.3 is 4.74 Å². The van der Waals surface area contributed by atoms with Crippen LogP contribution in [0.2, 0.25) is 0 Å². The van der Waals surface area contributed by atoms with Gasteiger partial charge in [-0.3, -0.25) is 14.9 Å². The molecule has 1 aromatic carbocycles. The van der Waals surface area contributed by atoms with Crippen LogP contribution in [0.15, 0.2) is 41.3 Å². The second-order valence-electron chi connectivity index (χ2n) is 6.78. The molecule has 0 atom stereocenters. The minimum Gasteiger partial charge on any atom is -0.465 e. The summed E-state index contributed by atoms with van der Waals surface area (Å²) in [6, 6.07) is 9.34. The summed E-state index contributed by atoms with van der Waals surface area (Å²) in [5, 5.41) is 7.12. The van der Waals surface area contributed by atoms with Crippen LogP contribution in [0.25, 0.3) is 28.0 Å². The fourth-order valence-electron chi connectivity index (χ4n) is 3.43. The summed E-state index contributed by atoms with van der Waals surface area (Å²) in [6.45, 7) is 5.43. The Morgan fingerprint density at radius 1 is 1.14 bits per heavy atom. The van der Waals surface area contributed by atoms with E-state index in [9.17, 15) is 9.59 Å². The molecule has 29 heavy (non-hydrogen) atoms. The van der Waals surface area contributed by atoms with Crippen LogP contribution in [0.3, 0.4) is 0 Å². The van der Waals surface area contributed by atoms with Crippen molar-refractivity contribution < 1.29 is 9.53 Å². The Morgan fingerprint density at radius 3 is 2.59 bits per heavy atom. The van der Waals surface area contributed by atoms with Gasteiger partial charge in [-0.1, -0.05) is 29.8 Å². The highest BCUT2D eigenvalue weighted by Gasteiger charge is 2.24. The lowest BCUT2D eigenvalue weighted by atomic mass is 9.94. The first kappa shape index (κ1) is 18.5. The standard InChI is InChI=1S/C21H19N5O3/c1-11-6-5-7-14(10-11)17-16(20(28)29-4)12(2)22-15-8-9-26(19(27)18(15)17)21-23-13(3)24-25-21/h5-10H,1-4H3,(H,23,24,25).